The second-order valence-corrected chi connectivity index (χ2v) is 9.34. The Morgan fingerprint density at radius 3 is 1.68 bits per heavy atom. The minimum absolute atomic E-state index is 0.195. The molecule has 0 saturated carbocycles. The molecule has 1 aromatic carbocycles. The third-order valence-corrected chi connectivity index (χ3v) is 6.79. The maximum atomic E-state index is 13.8. The molecule has 0 saturated heterocycles. The maximum Gasteiger partial charge on any atom is 0.323 e. The topological polar surface area (TPSA) is 52.6 Å². The van der Waals surface area contributed by atoms with Crippen molar-refractivity contribution in [3.63, 3.8) is 0 Å². The molecule has 0 amide bonds. The lowest BCUT2D eigenvalue weighted by atomic mass is 9.82. The summed E-state index contributed by atoms with van der Waals surface area (Å²) in [6, 6.07) is 6.15. The summed E-state index contributed by atoms with van der Waals surface area (Å²) in [6.45, 7) is 5.93. The van der Waals surface area contributed by atoms with E-state index in [4.69, 9.17) is 9.47 Å². The molecule has 0 radical (unpaired) electrons. The van der Waals surface area contributed by atoms with E-state index in [9.17, 15) is 14.0 Å². The monoisotopic (exact) mass is 478 g/mol. The number of ether oxygens (including phenoxy) is 2. The normalized spacial score (nSPS) is 11.4. The molecule has 1 aromatic rings. The van der Waals surface area contributed by atoms with Gasteiger partial charge in [0.05, 0.1) is 6.61 Å². The highest BCUT2D eigenvalue weighted by Gasteiger charge is 2.45. The van der Waals surface area contributed by atoms with Gasteiger partial charge in [0.1, 0.15) is 12.4 Å². The van der Waals surface area contributed by atoms with E-state index in [1.165, 1.54) is 70.3 Å². The van der Waals surface area contributed by atoms with Crippen LogP contribution < -0.4 is 0 Å². The van der Waals surface area contributed by atoms with Gasteiger partial charge < -0.3 is 9.47 Å². The summed E-state index contributed by atoms with van der Waals surface area (Å²) in [6.07, 6.45) is 16.9. The number of rotatable bonds is 20. The molecule has 0 aromatic heterocycles. The summed E-state index contributed by atoms with van der Waals surface area (Å²) in [5, 5.41) is 0. The number of benzene rings is 1. The van der Waals surface area contributed by atoms with Crippen molar-refractivity contribution >= 4 is 11.9 Å². The van der Waals surface area contributed by atoms with Crippen molar-refractivity contribution < 1.29 is 23.5 Å². The molecule has 194 valence electrons. The standard InChI is InChI=1S/C29H47FO4/c1-4-7-8-9-10-11-12-13-14-15-16-17-20-23-33-27(31)29(5-2,6-3)28(32)34-24-25-21-18-19-22-26(25)30/h18-19,21-22H,4-17,20,23-24H2,1-3H3. The molecule has 0 aliphatic carbocycles. The van der Waals surface area contributed by atoms with Gasteiger partial charge in [-0.15, -0.1) is 0 Å². The van der Waals surface area contributed by atoms with Gasteiger partial charge in [-0.3, -0.25) is 9.59 Å². The third-order valence-electron chi connectivity index (χ3n) is 6.79. The van der Waals surface area contributed by atoms with E-state index in [0.717, 1.165) is 19.3 Å². The van der Waals surface area contributed by atoms with Crippen molar-refractivity contribution in [1.82, 2.24) is 0 Å². The Hall–Kier alpha value is -1.91. The van der Waals surface area contributed by atoms with Crippen molar-refractivity contribution in [2.75, 3.05) is 6.61 Å². The molecule has 0 aliphatic heterocycles. The molecule has 0 N–H and O–H groups in total. The Labute approximate surface area is 207 Å². The Morgan fingerprint density at radius 1 is 0.706 bits per heavy atom. The van der Waals surface area contributed by atoms with Gasteiger partial charge in [0, 0.05) is 5.56 Å². The van der Waals surface area contributed by atoms with E-state index in [1.54, 1.807) is 32.0 Å². The van der Waals surface area contributed by atoms with E-state index in [2.05, 4.69) is 6.92 Å². The molecule has 0 atom stereocenters. The quantitative estimate of drug-likeness (QED) is 0.107. The number of carbonyl (C=O) groups is 2. The van der Waals surface area contributed by atoms with Crippen LogP contribution in [0.1, 0.15) is 123 Å². The van der Waals surface area contributed by atoms with Crippen LogP contribution in [0.4, 0.5) is 4.39 Å². The molecule has 0 fully saturated rings. The lowest BCUT2D eigenvalue weighted by molar-refractivity contribution is -0.174. The fourth-order valence-electron chi connectivity index (χ4n) is 4.23. The van der Waals surface area contributed by atoms with E-state index >= 15 is 0 Å². The van der Waals surface area contributed by atoms with Crippen LogP contribution in [0.25, 0.3) is 0 Å². The number of hydrogen-bond acceptors (Lipinski definition) is 4. The minimum atomic E-state index is -1.33. The predicted octanol–water partition coefficient (Wildman–Crippen LogP) is 8.31. The average Bonchev–Trinajstić information content (AvgIpc) is 2.84. The van der Waals surface area contributed by atoms with E-state index in [-0.39, 0.29) is 25.0 Å². The first kappa shape index (κ1) is 30.1. The zero-order chi connectivity index (χ0) is 25.1. The average molecular weight is 479 g/mol. The summed E-state index contributed by atoms with van der Waals surface area (Å²) < 4.78 is 24.6. The summed E-state index contributed by atoms with van der Waals surface area (Å²) in [7, 11) is 0. The second-order valence-electron chi connectivity index (χ2n) is 9.34. The molecule has 0 aliphatic rings. The first-order valence-electron chi connectivity index (χ1n) is 13.6. The van der Waals surface area contributed by atoms with Crippen molar-refractivity contribution in [2.45, 2.75) is 124 Å². The highest BCUT2D eigenvalue weighted by molar-refractivity contribution is 5.99. The maximum absolute atomic E-state index is 13.8. The van der Waals surface area contributed by atoms with Crippen LogP contribution in [0.5, 0.6) is 0 Å². The molecule has 0 unspecified atom stereocenters. The van der Waals surface area contributed by atoms with Crippen LogP contribution in [0.2, 0.25) is 0 Å². The van der Waals surface area contributed by atoms with Gasteiger partial charge in [0.15, 0.2) is 5.41 Å². The number of halogens is 1. The predicted molar refractivity (Wildman–Crippen MR) is 136 cm³/mol. The smallest absolute Gasteiger partial charge is 0.323 e. The van der Waals surface area contributed by atoms with Crippen LogP contribution >= 0.6 is 0 Å². The summed E-state index contributed by atoms with van der Waals surface area (Å²) in [5.74, 6) is -1.61. The third kappa shape index (κ3) is 11.0. The van der Waals surface area contributed by atoms with Crippen LogP contribution in [0, 0.1) is 11.2 Å². The van der Waals surface area contributed by atoms with Gasteiger partial charge in [-0.1, -0.05) is 116 Å². The van der Waals surface area contributed by atoms with E-state index in [0.29, 0.717) is 6.61 Å². The molecule has 4 nitrogen and oxygen atoms in total. The van der Waals surface area contributed by atoms with Crippen LogP contribution in [0.3, 0.4) is 0 Å². The fraction of sp³-hybridized carbons (Fsp3) is 0.724. The summed E-state index contributed by atoms with van der Waals surface area (Å²) in [5.41, 5.74) is -1.04. The van der Waals surface area contributed by atoms with Crippen LogP contribution in [0.15, 0.2) is 24.3 Å². The fourth-order valence-corrected chi connectivity index (χ4v) is 4.23. The molecular formula is C29H47FO4. The van der Waals surface area contributed by atoms with Crippen molar-refractivity contribution in [1.29, 1.82) is 0 Å². The molecule has 0 spiro atoms. The van der Waals surface area contributed by atoms with Gasteiger partial charge in [-0.25, -0.2) is 4.39 Å². The highest BCUT2D eigenvalue weighted by atomic mass is 19.1. The molecule has 0 bridgehead atoms. The van der Waals surface area contributed by atoms with E-state index < -0.39 is 23.2 Å². The highest BCUT2D eigenvalue weighted by Crippen LogP contribution is 2.31. The first-order valence-corrected chi connectivity index (χ1v) is 13.6. The lowest BCUT2D eigenvalue weighted by Crippen LogP contribution is -2.41. The zero-order valence-corrected chi connectivity index (χ0v) is 21.8. The minimum Gasteiger partial charge on any atom is -0.465 e. The molecular weight excluding hydrogens is 431 g/mol. The molecule has 5 heteroatoms. The van der Waals surface area contributed by atoms with Gasteiger partial charge >= 0.3 is 11.9 Å². The van der Waals surface area contributed by atoms with Crippen molar-refractivity contribution in [3.05, 3.63) is 35.6 Å². The Balaban J connectivity index is 2.22. The summed E-state index contributed by atoms with van der Waals surface area (Å²) >= 11 is 0. The zero-order valence-electron chi connectivity index (χ0n) is 21.8. The molecule has 1 rings (SSSR count). The Bertz CT molecular complexity index is 684. The summed E-state index contributed by atoms with van der Waals surface area (Å²) in [4.78, 5) is 25.5. The SMILES string of the molecule is CCCCCCCCCCCCCCCOC(=O)C(CC)(CC)C(=O)OCc1ccccc1F. The molecule has 0 heterocycles. The number of unbranched alkanes of at least 4 members (excludes halogenated alkanes) is 12. The molecule has 34 heavy (non-hydrogen) atoms. The van der Waals surface area contributed by atoms with Crippen molar-refractivity contribution in [2.24, 2.45) is 5.41 Å². The second kappa shape index (κ2) is 18.4. The number of esters is 2. The van der Waals surface area contributed by atoms with Gasteiger partial charge in [-0.2, -0.15) is 0 Å². The van der Waals surface area contributed by atoms with Gasteiger partial charge in [0.25, 0.3) is 0 Å². The Morgan fingerprint density at radius 2 is 1.18 bits per heavy atom. The number of hydrogen-bond donors (Lipinski definition) is 0. The lowest BCUT2D eigenvalue weighted by Gasteiger charge is -2.27. The van der Waals surface area contributed by atoms with E-state index in [1.807, 2.05) is 0 Å². The van der Waals surface area contributed by atoms with Crippen LogP contribution in [-0.4, -0.2) is 18.5 Å². The van der Waals surface area contributed by atoms with Crippen molar-refractivity contribution in [3.8, 4) is 0 Å². The van der Waals surface area contributed by atoms with Gasteiger partial charge in [0.2, 0.25) is 0 Å². The largest absolute Gasteiger partial charge is 0.465 e. The number of carbonyl (C=O) groups excluding carboxylic acids is 2. The first-order chi connectivity index (χ1) is 16.5. The Kier molecular flexibility index (Phi) is 16.3. The van der Waals surface area contributed by atoms with Gasteiger partial charge in [-0.05, 0) is 25.3 Å². The van der Waals surface area contributed by atoms with Crippen LogP contribution in [-0.2, 0) is 25.7 Å².